The fourth-order valence-electron chi connectivity index (χ4n) is 1.36. The van der Waals surface area contributed by atoms with E-state index in [2.05, 4.69) is 4.98 Å². The van der Waals surface area contributed by atoms with Crippen molar-refractivity contribution in [3.8, 4) is 11.5 Å². The third kappa shape index (κ3) is 3.36. The highest BCUT2D eigenvalue weighted by molar-refractivity contribution is 6.30. The van der Waals surface area contributed by atoms with Gasteiger partial charge in [-0.2, -0.15) is 0 Å². The summed E-state index contributed by atoms with van der Waals surface area (Å²) in [5.74, 6) is 1.57. The van der Waals surface area contributed by atoms with E-state index >= 15 is 0 Å². The van der Waals surface area contributed by atoms with Crippen molar-refractivity contribution in [2.75, 3.05) is 7.11 Å². The first kappa shape index (κ1) is 11.7. The predicted molar refractivity (Wildman–Crippen MR) is 66.6 cm³/mol. The molecule has 3 nitrogen and oxygen atoms in total. The Morgan fingerprint density at radius 1 is 1.12 bits per heavy atom. The SMILES string of the molecule is COc1ccc(OCc2cc(Cl)ccn2)cc1. The van der Waals surface area contributed by atoms with Gasteiger partial charge in [0.2, 0.25) is 0 Å². The number of ether oxygens (including phenoxy) is 2. The molecule has 1 aromatic carbocycles. The van der Waals surface area contributed by atoms with Crippen LogP contribution in [-0.2, 0) is 6.61 Å². The third-order valence-electron chi connectivity index (χ3n) is 2.22. The average Bonchev–Trinajstić information content (AvgIpc) is 2.37. The summed E-state index contributed by atoms with van der Waals surface area (Å²) in [6.07, 6.45) is 1.66. The average molecular weight is 250 g/mol. The van der Waals surface area contributed by atoms with Crippen LogP contribution in [0.2, 0.25) is 5.02 Å². The van der Waals surface area contributed by atoms with Gasteiger partial charge >= 0.3 is 0 Å². The Labute approximate surface area is 105 Å². The number of benzene rings is 1. The molecule has 0 bridgehead atoms. The van der Waals surface area contributed by atoms with Crippen molar-refractivity contribution < 1.29 is 9.47 Å². The molecule has 0 saturated carbocycles. The summed E-state index contributed by atoms with van der Waals surface area (Å²) >= 11 is 5.85. The van der Waals surface area contributed by atoms with E-state index in [0.29, 0.717) is 11.6 Å². The Hall–Kier alpha value is -1.74. The van der Waals surface area contributed by atoms with Crippen molar-refractivity contribution in [2.45, 2.75) is 6.61 Å². The molecule has 0 aliphatic carbocycles. The Morgan fingerprint density at radius 3 is 2.47 bits per heavy atom. The molecule has 0 fully saturated rings. The van der Waals surface area contributed by atoms with Crippen LogP contribution >= 0.6 is 11.6 Å². The highest BCUT2D eigenvalue weighted by Gasteiger charge is 1.98. The van der Waals surface area contributed by atoms with Gasteiger partial charge in [-0.25, -0.2) is 0 Å². The number of methoxy groups -OCH3 is 1. The number of pyridine rings is 1. The summed E-state index contributed by atoms with van der Waals surface area (Å²) in [6.45, 7) is 0.396. The second-order valence-corrected chi connectivity index (χ2v) is 3.87. The van der Waals surface area contributed by atoms with Crippen molar-refractivity contribution in [3.05, 3.63) is 53.3 Å². The Kier molecular flexibility index (Phi) is 3.83. The van der Waals surface area contributed by atoms with E-state index in [4.69, 9.17) is 21.1 Å². The fraction of sp³-hybridized carbons (Fsp3) is 0.154. The first-order chi connectivity index (χ1) is 8.28. The molecule has 0 amide bonds. The number of hydrogen-bond acceptors (Lipinski definition) is 3. The first-order valence-electron chi connectivity index (χ1n) is 5.15. The van der Waals surface area contributed by atoms with E-state index in [1.807, 2.05) is 24.3 Å². The molecule has 0 saturated heterocycles. The van der Waals surface area contributed by atoms with Gasteiger partial charge < -0.3 is 9.47 Å². The van der Waals surface area contributed by atoms with E-state index in [1.165, 1.54) is 0 Å². The van der Waals surface area contributed by atoms with Crippen LogP contribution in [0.3, 0.4) is 0 Å². The highest BCUT2D eigenvalue weighted by atomic mass is 35.5. The molecule has 0 spiro atoms. The maximum atomic E-state index is 5.85. The number of aromatic nitrogens is 1. The van der Waals surface area contributed by atoms with Gasteiger partial charge in [-0.1, -0.05) is 11.6 Å². The van der Waals surface area contributed by atoms with Crippen LogP contribution in [0.5, 0.6) is 11.5 Å². The van der Waals surface area contributed by atoms with Gasteiger partial charge in [0, 0.05) is 11.2 Å². The molecule has 88 valence electrons. The second-order valence-electron chi connectivity index (χ2n) is 3.43. The molecule has 0 aliphatic rings. The lowest BCUT2D eigenvalue weighted by atomic mass is 10.3. The quantitative estimate of drug-likeness (QED) is 0.833. The van der Waals surface area contributed by atoms with E-state index in [9.17, 15) is 0 Å². The molecule has 4 heteroatoms. The topological polar surface area (TPSA) is 31.4 Å². The van der Waals surface area contributed by atoms with Crippen LogP contribution in [-0.4, -0.2) is 12.1 Å². The Morgan fingerprint density at radius 2 is 1.82 bits per heavy atom. The monoisotopic (exact) mass is 249 g/mol. The molecule has 2 rings (SSSR count). The largest absolute Gasteiger partial charge is 0.497 e. The lowest BCUT2D eigenvalue weighted by Crippen LogP contribution is -1.97. The molecule has 1 aromatic heterocycles. The van der Waals surface area contributed by atoms with Crippen molar-refractivity contribution in [1.29, 1.82) is 0 Å². The molecule has 0 atom stereocenters. The maximum Gasteiger partial charge on any atom is 0.130 e. The maximum absolute atomic E-state index is 5.85. The van der Waals surface area contributed by atoms with Gasteiger partial charge in [0.05, 0.1) is 12.8 Å². The van der Waals surface area contributed by atoms with Crippen molar-refractivity contribution in [3.63, 3.8) is 0 Å². The van der Waals surface area contributed by atoms with E-state index in [-0.39, 0.29) is 0 Å². The van der Waals surface area contributed by atoms with Crippen molar-refractivity contribution in [1.82, 2.24) is 4.98 Å². The predicted octanol–water partition coefficient (Wildman–Crippen LogP) is 3.32. The van der Waals surface area contributed by atoms with Gasteiger partial charge in [-0.15, -0.1) is 0 Å². The van der Waals surface area contributed by atoms with Crippen molar-refractivity contribution >= 4 is 11.6 Å². The number of halogens is 1. The number of rotatable bonds is 4. The zero-order valence-corrected chi connectivity index (χ0v) is 10.1. The van der Waals surface area contributed by atoms with Crippen LogP contribution in [0, 0.1) is 0 Å². The highest BCUT2D eigenvalue weighted by Crippen LogP contribution is 2.18. The van der Waals surface area contributed by atoms with Crippen LogP contribution < -0.4 is 9.47 Å². The summed E-state index contributed by atoms with van der Waals surface area (Å²) in [6, 6.07) is 10.9. The Bertz CT molecular complexity index is 485. The zero-order chi connectivity index (χ0) is 12.1. The standard InChI is InChI=1S/C13H12ClNO2/c1-16-12-2-4-13(5-3-12)17-9-11-8-10(14)6-7-15-11/h2-8H,9H2,1H3. The van der Waals surface area contributed by atoms with E-state index < -0.39 is 0 Å². The van der Waals surface area contributed by atoms with Gasteiger partial charge in [0.15, 0.2) is 0 Å². The van der Waals surface area contributed by atoms with Crippen LogP contribution in [0.1, 0.15) is 5.69 Å². The minimum absolute atomic E-state index is 0.396. The second kappa shape index (κ2) is 5.55. The number of hydrogen-bond donors (Lipinski definition) is 0. The van der Waals surface area contributed by atoms with Crippen LogP contribution in [0.15, 0.2) is 42.6 Å². The van der Waals surface area contributed by atoms with Crippen molar-refractivity contribution in [2.24, 2.45) is 0 Å². The smallest absolute Gasteiger partial charge is 0.130 e. The Balaban J connectivity index is 1.97. The summed E-state index contributed by atoms with van der Waals surface area (Å²) in [5.41, 5.74) is 0.799. The molecule has 2 aromatic rings. The lowest BCUT2D eigenvalue weighted by Gasteiger charge is -2.06. The molecule has 0 unspecified atom stereocenters. The molecule has 0 aliphatic heterocycles. The molecular formula is C13H12ClNO2. The molecule has 1 heterocycles. The molecule has 0 radical (unpaired) electrons. The van der Waals surface area contributed by atoms with Gasteiger partial charge in [0.25, 0.3) is 0 Å². The minimum Gasteiger partial charge on any atom is -0.497 e. The molecular weight excluding hydrogens is 238 g/mol. The summed E-state index contributed by atoms with van der Waals surface area (Å²) in [7, 11) is 1.63. The van der Waals surface area contributed by atoms with Crippen LogP contribution in [0.4, 0.5) is 0 Å². The van der Waals surface area contributed by atoms with E-state index in [1.54, 1.807) is 25.4 Å². The summed E-state index contributed by atoms with van der Waals surface area (Å²) in [5, 5.41) is 0.660. The van der Waals surface area contributed by atoms with Crippen LogP contribution in [0.25, 0.3) is 0 Å². The minimum atomic E-state index is 0.396. The molecule has 0 N–H and O–H groups in total. The number of nitrogens with zero attached hydrogens (tertiary/aromatic N) is 1. The zero-order valence-electron chi connectivity index (χ0n) is 9.39. The van der Waals surface area contributed by atoms with Gasteiger partial charge in [-0.3, -0.25) is 4.98 Å². The van der Waals surface area contributed by atoms with Gasteiger partial charge in [0.1, 0.15) is 18.1 Å². The van der Waals surface area contributed by atoms with E-state index in [0.717, 1.165) is 17.2 Å². The summed E-state index contributed by atoms with van der Waals surface area (Å²) in [4.78, 5) is 4.15. The lowest BCUT2D eigenvalue weighted by molar-refractivity contribution is 0.300. The normalized spacial score (nSPS) is 10.0. The van der Waals surface area contributed by atoms with Gasteiger partial charge in [-0.05, 0) is 36.4 Å². The molecule has 17 heavy (non-hydrogen) atoms. The summed E-state index contributed by atoms with van der Waals surface area (Å²) < 4.78 is 10.6. The third-order valence-corrected chi connectivity index (χ3v) is 2.46. The fourth-order valence-corrected chi connectivity index (χ4v) is 1.54. The first-order valence-corrected chi connectivity index (χ1v) is 5.53.